The molecule has 0 spiro atoms. The third-order valence-electron chi connectivity index (χ3n) is 4.31. The van der Waals surface area contributed by atoms with Gasteiger partial charge in [0.15, 0.2) is 0 Å². The highest BCUT2D eigenvalue weighted by atomic mass is 16.2. The molecule has 1 aliphatic rings. The molecule has 24 heavy (non-hydrogen) atoms. The van der Waals surface area contributed by atoms with Crippen LogP contribution in [0.25, 0.3) is 10.9 Å². The number of amides is 1. The first-order valence-corrected chi connectivity index (χ1v) is 8.01. The monoisotopic (exact) mass is 318 g/mol. The Labute approximate surface area is 139 Å². The Hall–Kier alpha value is -2.92. The third-order valence-corrected chi connectivity index (χ3v) is 4.31. The predicted molar refractivity (Wildman–Crippen MR) is 94.7 cm³/mol. The number of hydrazone groups is 1. The molecule has 1 aromatic heterocycles. The number of nitrogens with one attached hydrogen (secondary N) is 3. The Morgan fingerprint density at radius 3 is 2.75 bits per heavy atom. The van der Waals surface area contributed by atoms with Gasteiger partial charge in [-0.1, -0.05) is 48.5 Å². The van der Waals surface area contributed by atoms with Crippen molar-refractivity contribution < 1.29 is 4.79 Å². The first-order valence-electron chi connectivity index (χ1n) is 8.01. The number of aromatic amines is 1. The van der Waals surface area contributed by atoms with E-state index in [4.69, 9.17) is 0 Å². The predicted octanol–water partition coefficient (Wildman–Crippen LogP) is 2.55. The number of carbonyl (C=O) groups excluding carboxylic acids is 1. The zero-order valence-corrected chi connectivity index (χ0v) is 13.1. The zero-order chi connectivity index (χ0) is 16.4. The number of nitrogens with zero attached hydrogens (tertiary/aromatic N) is 1. The highest BCUT2D eigenvalue weighted by molar-refractivity contribution is 6.13. The maximum absolute atomic E-state index is 12.1. The van der Waals surface area contributed by atoms with Crippen LogP contribution in [0.5, 0.6) is 0 Å². The Bertz CT molecular complexity index is 898. The molecule has 5 heteroatoms. The molecule has 2 aromatic carbocycles. The Morgan fingerprint density at radius 2 is 1.88 bits per heavy atom. The SMILES string of the molecule is O=C1NN=C(c2c[nH]c3ccccc23)CC1NCc1ccccc1. The molecule has 1 atom stereocenters. The van der Waals surface area contributed by atoms with Crippen LogP contribution in [0, 0.1) is 0 Å². The maximum Gasteiger partial charge on any atom is 0.257 e. The van der Waals surface area contributed by atoms with Crippen molar-refractivity contribution in [2.24, 2.45) is 5.10 Å². The minimum atomic E-state index is -0.286. The number of aromatic nitrogens is 1. The van der Waals surface area contributed by atoms with Crippen LogP contribution in [0.4, 0.5) is 0 Å². The molecular formula is C19H18N4O. The first-order chi connectivity index (χ1) is 11.8. The first kappa shape index (κ1) is 14.7. The van der Waals surface area contributed by atoms with Gasteiger partial charge in [0.25, 0.3) is 5.91 Å². The second-order valence-corrected chi connectivity index (χ2v) is 5.91. The van der Waals surface area contributed by atoms with Crippen LogP contribution in [-0.2, 0) is 11.3 Å². The van der Waals surface area contributed by atoms with E-state index in [9.17, 15) is 4.79 Å². The van der Waals surface area contributed by atoms with Gasteiger partial charge >= 0.3 is 0 Å². The topological polar surface area (TPSA) is 69.3 Å². The molecule has 0 bridgehead atoms. The van der Waals surface area contributed by atoms with Crippen molar-refractivity contribution in [1.82, 2.24) is 15.7 Å². The number of carbonyl (C=O) groups is 1. The Morgan fingerprint density at radius 1 is 1.08 bits per heavy atom. The molecule has 4 rings (SSSR count). The number of hydrogen-bond donors (Lipinski definition) is 3. The van der Waals surface area contributed by atoms with Crippen LogP contribution in [0.2, 0.25) is 0 Å². The summed E-state index contributed by atoms with van der Waals surface area (Å²) >= 11 is 0. The number of rotatable bonds is 4. The highest BCUT2D eigenvalue weighted by Crippen LogP contribution is 2.21. The van der Waals surface area contributed by atoms with Crippen molar-refractivity contribution >= 4 is 22.5 Å². The van der Waals surface area contributed by atoms with Crippen LogP contribution in [0.3, 0.4) is 0 Å². The summed E-state index contributed by atoms with van der Waals surface area (Å²) in [5.41, 5.74) is 6.79. The lowest BCUT2D eigenvalue weighted by molar-refractivity contribution is -0.123. The lowest BCUT2D eigenvalue weighted by atomic mass is 10.0. The summed E-state index contributed by atoms with van der Waals surface area (Å²) in [6.45, 7) is 0.653. The molecule has 0 aliphatic carbocycles. The van der Waals surface area contributed by atoms with Crippen molar-refractivity contribution in [1.29, 1.82) is 0 Å². The average molecular weight is 318 g/mol. The second kappa shape index (κ2) is 6.29. The molecule has 1 unspecified atom stereocenters. The van der Waals surface area contributed by atoms with Crippen molar-refractivity contribution in [3.05, 3.63) is 71.9 Å². The number of benzene rings is 2. The van der Waals surface area contributed by atoms with E-state index in [-0.39, 0.29) is 11.9 Å². The summed E-state index contributed by atoms with van der Waals surface area (Å²) in [4.78, 5) is 15.4. The minimum absolute atomic E-state index is 0.0884. The molecule has 3 aromatic rings. The summed E-state index contributed by atoms with van der Waals surface area (Å²) in [7, 11) is 0. The van der Waals surface area contributed by atoms with E-state index >= 15 is 0 Å². The summed E-state index contributed by atoms with van der Waals surface area (Å²) in [6, 6.07) is 17.9. The van der Waals surface area contributed by atoms with Gasteiger partial charge in [0.2, 0.25) is 0 Å². The van der Waals surface area contributed by atoms with E-state index in [0.29, 0.717) is 13.0 Å². The van der Waals surface area contributed by atoms with Gasteiger partial charge in [0.05, 0.1) is 11.8 Å². The van der Waals surface area contributed by atoms with E-state index in [1.807, 2.05) is 54.7 Å². The normalized spacial score (nSPS) is 17.6. The standard InChI is InChI=1S/C19H18N4O/c24-19-18(20-11-13-6-2-1-3-7-13)10-17(22-23-19)15-12-21-16-9-5-4-8-14(15)16/h1-9,12,18,20-21H,10-11H2,(H,23,24). The molecule has 1 aliphatic heterocycles. The molecule has 3 N–H and O–H groups in total. The maximum atomic E-state index is 12.1. The van der Waals surface area contributed by atoms with Gasteiger partial charge in [-0.15, -0.1) is 0 Å². The van der Waals surface area contributed by atoms with Crippen LogP contribution in [0.1, 0.15) is 17.5 Å². The molecular weight excluding hydrogens is 300 g/mol. The molecule has 2 heterocycles. The fourth-order valence-corrected chi connectivity index (χ4v) is 3.01. The Kier molecular flexibility index (Phi) is 3.84. The second-order valence-electron chi connectivity index (χ2n) is 5.91. The van der Waals surface area contributed by atoms with Gasteiger partial charge in [0, 0.05) is 35.6 Å². The number of hydrogen-bond acceptors (Lipinski definition) is 3. The van der Waals surface area contributed by atoms with E-state index in [1.165, 1.54) is 0 Å². The van der Waals surface area contributed by atoms with Crippen LogP contribution in [-0.4, -0.2) is 22.6 Å². The van der Waals surface area contributed by atoms with Crippen molar-refractivity contribution in [3.63, 3.8) is 0 Å². The lowest BCUT2D eigenvalue weighted by Crippen LogP contribution is -2.47. The Balaban J connectivity index is 1.53. The van der Waals surface area contributed by atoms with Crippen molar-refractivity contribution in [2.75, 3.05) is 0 Å². The van der Waals surface area contributed by atoms with Crippen LogP contribution < -0.4 is 10.7 Å². The van der Waals surface area contributed by atoms with Gasteiger partial charge in [-0.3, -0.25) is 4.79 Å². The van der Waals surface area contributed by atoms with Gasteiger partial charge < -0.3 is 10.3 Å². The molecule has 0 saturated heterocycles. The van der Waals surface area contributed by atoms with Gasteiger partial charge in [0.1, 0.15) is 0 Å². The molecule has 120 valence electrons. The molecule has 0 fully saturated rings. The summed E-state index contributed by atoms with van der Waals surface area (Å²) in [6.07, 6.45) is 2.52. The van der Waals surface area contributed by atoms with E-state index in [2.05, 4.69) is 26.9 Å². The minimum Gasteiger partial charge on any atom is -0.360 e. The van der Waals surface area contributed by atoms with E-state index < -0.39 is 0 Å². The lowest BCUT2D eigenvalue weighted by Gasteiger charge is -2.22. The zero-order valence-electron chi connectivity index (χ0n) is 13.1. The van der Waals surface area contributed by atoms with E-state index in [1.54, 1.807) is 0 Å². The van der Waals surface area contributed by atoms with Crippen LogP contribution >= 0.6 is 0 Å². The molecule has 1 amide bonds. The quantitative estimate of drug-likeness (QED) is 0.692. The molecule has 0 radical (unpaired) electrons. The largest absolute Gasteiger partial charge is 0.360 e. The summed E-state index contributed by atoms with van der Waals surface area (Å²) in [5.74, 6) is -0.0884. The highest BCUT2D eigenvalue weighted by Gasteiger charge is 2.26. The van der Waals surface area contributed by atoms with Gasteiger partial charge in [-0.05, 0) is 11.6 Å². The fourth-order valence-electron chi connectivity index (χ4n) is 3.01. The van der Waals surface area contributed by atoms with Gasteiger partial charge in [-0.2, -0.15) is 5.10 Å². The number of fused-ring (bicyclic) bond motifs is 1. The number of H-pyrrole nitrogens is 1. The fraction of sp³-hybridized carbons (Fsp3) is 0.158. The average Bonchev–Trinajstić information content (AvgIpc) is 3.06. The molecule has 0 saturated carbocycles. The van der Waals surface area contributed by atoms with Gasteiger partial charge in [-0.25, -0.2) is 5.43 Å². The number of para-hydroxylation sites is 1. The summed E-state index contributed by atoms with van der Waals surface area (Å²) in [5, 5.41) is 8.71. The van der Waals surface area contributed by atoms with Crippen LogP contribution in [0.15, 0.2) is 65.9 Å². The summed E-state index contributed by atoms with van der Waals surface area (Å²) < 4.78 is 0. The van der Waals surface area contributed by atoms with E-state index in [0.717, 1.165) is 27.7 Å². The smallest absolute Gasteiger partial charge is 0.257 e. The molecule has 5 nitrogen and oxygen atoms in total. The van der Waals surface area contributed by atoms with Crippen molar-refractivity contribution in [3.8, 4) is 0 Å². The van der Waals surface area contributed by atoms with Crippen molar-refractivity contribution in [2.45, 2.75) is 19.0 Å². The third kappa shape index (κ3) is 2.81.